The number of aromatic nitrogens is 1. The molecule has 0 aromatic carbocycles. The van der Waals surface area contributed by atoms with Gasteiger partial charge in [0.2, 0.25) is 0 Å². The Labute approximate surface area is 123 Å². The number of hydrogen-bond donors (Lipinski definition) is 1. The average Bonchev–Trinajstić information content (AvgIpc) is 2.36. The van der Waals surface area contributed by atoms with Crippen molar-refractivity contribution in [2.45, 2.75) is 32.8 Å². The normalized spacial score (nSPS) is 11.4. The zero-order valence-corrected chi connectivity index (χ0v) is 12.3. The molecule has 1 aromatic rings. The van der Waals surface area contributed by atoms with E-state index in [9.17, 15) is 14.9 Å². The summed E-state index contributed by atoms with van der Waals surface area (Å²) in [5.41, 5.74) is 0.252. The Morgan fingerprint density at radius 2 is 2.19 bits per heavy atom. The molecule has 0 saturated heterocycles. The van der Waals surface area contributed by atoms with Crippen molar-refractivity contribution in [3.05, 3.63) is 40.1 Å². The summed E-state index contributed by atoms with van der Waals surface area (Å²) in [6.45, 7) is 5.85. The van der Waals surface area contributed by atoms with Crippen LogP contribution in [0.4, 0.5) is 10.6 Å². The highest BCUT2D eigenvalue weighted by molar-refractivity contribution is 5.67. The van der Waals surface area contributed by atoms with Crippen LogP contribution in [0.1, 0.15) is 32.8 Å². The standard InChI is InChI=1S/C14H19N3O4/c1-14(2,3)21-13(18)15-9-5-4-6-11-7-8-12(16-10-11)17(19)20/h4,6-8,10H,5,9H2,1-3H3,(H,15,18). The molecule has 1 amide bonds. The number of pyridine rings is 1. The number of alkyl carbamates (subject to hydrolysis) is 1. The second-order valence-corrected chi connectivity index (χ2v) is 5.33. The van der Waals surface area contributed by atoms with E-state index in [1.807, 2.05) is 6.08 Å². The maximum absolute atomic E-state index is 11.4. The van der Waals surface area contributed by atoms with Crippen LogP contribution in [0.25, 0.3) is 6.08 Å². The predicted molar refractivity (Wildman–Crippen MR) is 78.8 cm³/mol. The number of amides is 1. The minimum atomic E-state index is -0.543. The SMILES string of the molecule is CC(C)(C)OC(=O)NCCC=Cc1ccc([N+](=O)[O-])nc1. The van der Waals surface area contributed by atoms with Crippen molar-refractivity contribution in [2.75, 3.05) is 6.54 Å². The molecule has 7 nitrogen and oxygen atoms in total. The average molecular weight is 293 g/mol. The van der Waals surface area contributed by atoms with Gasteiger partial charge in [-0.2, -0.15) is 0 Å². The summed E-state index contributed by atoms with van der Waals surface area (Å²) >= 11 is 0. The third-order valence-electron chi connectivity index (χ3n) is 2.25. The largest absolute Gasteiger partial charge is 0.444 e. The molecule has 0 atom stereocenters. The van der Waals surface area contributed by atoms with E-state index in [1.165, 1.54) is 12.3 Å². The zero-order chi connectivity index (χ0) is 15.9. The van der Waals surface area contributed by atoms with Crippen LogP contribution >= 0.6 is 0 Å². The van der Waals surface area contributed by atoms with Crippen molar-refractivity contribution in [1.29, 1.82) is 0 Å². The lowest BCUT2D eigenvalue weighted by Gasteiger charge is -2.19. The molecular formula is C14H19N3O4. The molecular weight excluding hydrogens is 274 g/mol. The molecule has 0 bridgehead atoms. The molecule has 1 rings (SSSR count). The topological polar surface area (TPSA) is 94.4 Å². The lowest BCUT2D eigenvalue weighted by atomic mass is 10.2. The predicted octanol–water partition coefficient (Wildman–Crippen LogP) is 2.92. The molecule has 1 aromatic heterocycles. The molecule has 114 valence electrons. The first-order valence-corrected chi connectivity index (χ1v) is 6.52. The molecule has 0 radical (unpaired) electrons. The monoisotopic (exact) mass is 293 g/mol. The molecule has 0 unspecified atom stereocenters. The fourth-order valence-electron chi connectivity index (χ4n) is 1.40. The van der Waals surface area contributed by atoms with Gasteiger partial charge < -0.3 is 20.2 Å². The van der Waals surface area contributed by atoms with Crippen LogP contribution in [0.5, 0.6) is 0 Å². The van der Waals surface area contributed by atoms with Crippen molar-refractivity contribution < 1.29 is 14.5 Å². The first-order valence-electron chi connectivity index (χ1n) is 6.52. The van der Waals surface area contributed by atoms with Gasteiger partial charge in [0.1, 0.15) is 11.8 Å². The Morgan fingerprint density at radius 3 is 2.71 bits per heavy atom. The second kappa shape index (κ2) is 7.37. The number of hydrogen-bond acceptors (Lipinski definition) is 5. The van der Waals surface area contributed by atoms with Gasteiger partial charge in [0, 0.05) is 18.2 Å². The number of rotatable bonds is 5. The van der Waals surface area contributed by atoms with E-state index in [1.54, 1.807) is 32.9 Å². The minimum Gasteiger partial charge on any atom is -0.444 e. The van der Waals surface area contributed by atoms with Crippen LogP contribution in [-0.4, -0.2) is 28.1 Å². The highest BCUT2D eigenvalue weighted by atomic mass is 16.6. The molecule has 21 heavy (non-hydrogen) atoms. The van der Waals surface area contributed by atoms with Crippen LogP contribution in [-0.2, 0) is 4.74 Å². The minimum absolute atomic E-state index is 0.182. The first kappa shape index (κ1) is 16.6. The van der Waals surface area contributed by atoms with Gasteiger partial charge in [-0.15, -0.1) is 0 Å². The van der Waals surface area contributed by atoms with E-state index in [0.717, 1.165) is 5.56 Å². The van der Waals surface area contributed by atoms with E-state index in [4.69, 9.17) is 4.74 Å². The van der Waals surface area contributed by atoms with Gasteiger partial charge in [-0.05, 0) is 43.2 Å². The second-order valence-electron chi connectivity index (χ2n) is 5.33. The van der Waals surface area contributed by atoms with Gasteiger partial charge in [-0.1, -0.05) is 12.2 Å². The number of nitro groups is 1. The summed E-state index contributed by atoms with van der Waals surface area (Å²) in [5.74, 6) is -0.182. The molecule has 1 heterocycles. The van der Waals surface area contributed by atoms with E-state index in [0.29, 0.717) is 13.0 Å². The van der Waals surface area contributed by atoms with Crippen molar-refractivity contribution in [3.8, 4) is 0 Å². The maximum Gasteiger partial charge on any atom is 0.407 e. The van der Waals surface area contributed by atoms with Gasteiger partial charge in [0.15, 0.2) is 0 Å². The third kappa shape index (κ3) is 7.05. The van der Waals surface area contributed by atoms with Crippen LogP contribution in [0.3, 0.4) is 0 Å². The van der Waals surface area contributed by atoms with Gasteiger partial charge >= 0.3 is 11.9 Å². The Bertz CT molecular complexity index is 518. The number of carbonyl (C=O) groups excluding carboxylic acids is 1. The van der Waals surface area contributed by atoms with Crippen molar-refractivity contribution >= 4 is 18.0 Å². The molecule has 0 aliphatic rings. The smallest absolute Gasteiger partial charge is 0.407 e. The fraction of sp³-hybridized carbons (Fsp3) is 0.429. The Kier molecular flexibility index (Phi) is 5.83. The molecule has 0 aliphatic carbocycles. The lowest BCUT2D eigenvalue weighted by Crippen LogP contribution is -2.32. The quantitative estimate of drug-likeness (QED) is 0.511. The van der Waals surface area contributed by atoms with E-state index in [2.05, 4.69) is 10.3 Å². The third-order valence-corrected chi connectivity index (χ3v) is 2.25. The van der Waals surface area contributed by atoms with Gasteiger partial charge in [0.25, 0.3) is 0 Å². The van der Waals surface area contributed by atoms with Gasteiger partial charge in [0.05, 0.1) is 0 Å². The number of carbonyl (C=O) groups is 1. The summed E-state index contributed by atoms with van der Waals surface area (Å²) in [6.07, 6.45) is 5.23. The van der Waals surface area contributed by atoms with Crippen molar-refractivity contribution in [1.82, 2.24) is 10.3 Å². The first-order chi connectivity index (χ1) is 9.78. The van der Waals surface area contributed by atoms with Crippen LogP contribution in [0, 0.1) is 10.1 Å². The highest BCUT2D eigenvalue weighted by Crippen LogP contribution is 2.09. The number of nitrogens with zero attached hydrogens (tertiary/aromatic N) is 2. The van der Waals surface area contributed by atoms with Gasteiger partial charge in [-0.3, -0.25) is 0 Å². The van der Waals surface area contributed by atoms with E-state index in [-0.39, 0.29) is 5.82 Å². The number of nitrogens with one attached hydrogen (secondary N) is 1. The molecule has 0 aliphatic heterocycles. The summed E-state index contributed by atoms with van der Waals surface area (Å²) < 4.78 is 5.09. The molecule has 0 saturated carbocycles. The molecule has 1 N–H and O–H groups in total. The van der Waals surface area contributed by atoms with Crippen LogP contribution < -0.4 is 5.32 Å². The van der Waals surface area contributed by atoms with E-state index >= 15 is 0 Å². The lowest BCUT2D eigenvalue weighted by molar-refractivity contribution is -0.389. The number of ether oxygens (including phenoxy) is 1. The molecule has 7 heteroatoms. The summed E-state index contributed by atoms with van der Waals surface area (Å²) in [6, 6.07) is 2.96. The highest BCUT2D eigenvalue weighted by Gasteiger charge is 2.15. The van der Waals surface area contributed by atoms with Gasteiger partial charge in [-0.25, -0.2) is 4.79 Å². The van der Waals surface area contributed by atoms with Crippen molar-refractivity contribution in [3.63, 3.8) is 0 Å². The Hall–Kier alpha value is -2.44. The van der Waals surface area contributed by atoms with Crippen LogP contribution in [0.2, 0.25) is 0 Å². The summed E-state index contributed by atoms with van der Waals surface area (Å²) in [5, 5.41) is 13.1. The van der Waals surface area contributed by atoms with Crippen molar-refractivity contribution in [2.24, 2.45) is 0 Å². The Morgan fingerprint density at radius 1 is 1.48 bits per heavy atom. The Balaban J connectivity index is 2.32. The summed E-state index contributed by atoms with van der Waals surface area (Å²) in [7, 11) is 0. The molecule has 0 fully saturated rings. The molecule has 0 spiro atoms. The summed E-state index contributed by atoms with van der Waals surface area (Å²) in [4.78, 5) is 25.0. The zero-order valence-electron chi connectivity index (χ0n) is 12.3. The maximum atomic E-state index is 11.4. The fourth-order valence-corrected chi connectivity index (χ4v) is 1.40. The van der Waals surface area contributed by atoms with E-state index < -0.39 is 16.6 Å². The van der Waals surface area contributed by atoms with Crippen LogP contribution in [0.15, 0.2) is 24.4 Å².